The van der Waals surface area contributed by atoms with Gasteiger partial charge in [-0.05, 0) is 69.8 Å². The third-order valence-corrected chi connectivity index (χ3v) is 11.2. The Hall–Kier alpha value is -8.02. The van der Waals surface area contributed by atoms with E-state index >= 15 is 0 Å². The van der Waals surface area contributed by atoms with E-state index < -0.39 is 0 Å². The summed E-state index contributed by atoms with van der Waals surface area (Å²) in [5, 5.41) is 13.7. The summed E-state index contributed by atoms with van der Waals surface area (Å²) in [7, 11) is 0. The van der Waals surface area contributed by atoms with Gasteiger partial charge in [-0.3, -0.25) is 0 Å². The monoisotopic (exact) mass is 756 g/mol. The Morgan fingerprint density at radius 1 is 0.322 bits per heavy atom. The van der Waals surface area contributed by atoms with Crippen LogP contribution >= 0.6 is 0 Å². The second-order valence-corrected chi connectivity index (χ2v) is 14.9. The molecule has 5 nitrogen and oxygen atoms in total. The van der Waals surface area contributed by atoms with Crippen molar-refractivity contribution in [3.63, 3.8) is 0 Å². The highest BCUT2D eigenvalue weighted by Crippen LogP contribution is 2.35. The summed E-state index contributed by atoms with van der Waals surface area (Å²) in [6.07, 6.45) is 8.51. The molecule has 0 unspecified atom stereocenters. The quantitative estimate of drug-likeness (QED) is 0.152. The molecule has 0 fully saturated rings. The molecule has 0 amide bonds. The molecule has 3 aromatic heterocycles. The number of benzene rings is 8. The van der Waals surface area contributed by atoms with Gasteiger partial charge in [-0.25, -0.2) is 0 Å². The van der Waals surface area contributed by atoms with Crippen LogP contribution in [0.4, 0.5) is 0 Å². The fourth-order valence-electron chi connectivity index (χ4n) is 8.09. The van der Waals surface area contributed by atoms with E-state index in [1.165, 1.54) is 54.8 Å². The van der Waals surface area contributed by atoms with Gasteiger partial charge in [-0.2, -0.15) is 0 Å². The van der Waals surface area contributed by atoms with Gasteiger partial charge < -0.3 is 14.4 Å². The Bertz CT molecular complexity index is 3120. The first-order chi connectivity index (χ1) is 29.2. The van der Waals surface area contributed by atoms with Crippen molar-refractivity contribution in [2.75, 3.05) is 0 Å². The molecule has 0 aliphatic heterocycles. The highest BCUT2D eigenvalue weighted by molar-refractivity contribution is 6.12. The molecular formula is C54H36N4O. The zero-order valence-electron chi connectivity index (χ0n) is 31.9. The van der Waals surface area contributed by atoms with E-state index in [1.54, 1.807) is 0 Å². The van der Waals surface area contributed by atoms with Gasteiger partial charge in [-0.1, -0.05) is 170 Å². The van der Waals surface area contributed by atoms with E-state index in [-0.39, 0.29) is 0 Å². The number of rotatable bonds is 8. The Balaban J connectivity index is 0.732. The largest absolute Gasteiger partial charge is 0.416 e. The van der Waals surface area contributed by atoms with Crippen LogP contribution in [-0.4, -0.2) is 20.2 Å². The summed E-state index contributed by atoms with van der Waals surface area (Å²) in [4.78, 5) is 7.24. The van der Waals surface area contributed by atoms with E-state index in [2.05, 4.69) is 202 Å². The van der Waals surface area contributed by atoms with Crippen molar-refractivity contribution in [2.24, 2.45) is 0 Å². The van der Waals surface area contributed by atoms with Crippen LogP contribution in [0.3, 0.4) is 0 Å². The van der Waals surface area contributed by atoms with E-state index in [1.807, 2.05) is 24.3 Å². The molecule has 3 heterocycles. The maximum Gasteiger partial charge on any atom is 0.248 e. The lowest BCUT2D eigenvalue weighted by Crippen LogP contribution is -1.81. The van der Waals surface area contributed by atoms with Crippen molar-refractivity contribution < 1.29 is 4.42 Å². The number of hydrogen-bond donors (Lipinski definition) is 2. The second-order valence-electron chi connectivity index (χ2n) is 14.9. The number of H-pyrrole nitrogens is 2. The first-order valence-corrected chi connectivity index (χ1v) is 19.8. The molecule has 0 saturated heterocycles. The Labute approximate surface area is 340 Å². The van der Waals surface area contributed by atoms with Crippen LogP contribution in [0.25, 0.3) is 113 Å². The van der Waals surface area contributed by atoms with E-state index in [0.29, 0.717) is 11.8 Å². The van der Waals surface area contributed by atoms with Crippen molar-refractivity contribution >= 4 is 67.9 Å². The van der Waals surface area contributed by atoms with Crippen molar-refractivity contribution in [2.45, 2.75) is 0 Å². The molecule has 11 aromatic rings. The molecule has 2 N–H and O–H groups in total. The molecule has 0 aliphatic rings. The predicted molar refractivity (Wildman–Crippen MR) is 246 cm³/mol. The number of aromatic amines is 2. The average Bonchev–Trinajstić information content (AvgIpc) is 4.05. The van der Waals surface area contributed by atoms with Crippen molar-refractivity contribution in [1.29, 1.82) is 0 Å². The minimum Gasteiger partial charge on any atom is -0.416 e. The van der Waals surface area contributed by atoms with Gasteiger partial charge in [0.1, 0.15) is 0 Å². The van der Waals surface area contributed by atoms with Gasteiger partial charge in [0.25, 0.3) is 0 Å². The van der Waals surface area contributed by atoms with E-state index in [0.717, 1.165) is 44.4 Å². The molecular weight excluding hydrogens is 721 g/mol. The predicted octanol–water partition coefficient (Wildman–Crippen LogP) is 14.3. The number of nitrogens with one attached hydrogen (secondary N) is 2. The van der Waals surface area contributed by atoms with Crippen LogP contribution in [0.15, 0.2) is 186 Å². The zero-order chi connectivity index (χ0) is 39.1. The lowest BCUT2D eigenvalue weighted by molar-refractivity contribution is 0.584. The van der Waals surface area contributed by atoms with Gasteiger partial charge in [0, 0.05) is 54.8 Å². The molecule has 278 valence electrons. The first-order valence-electron chi connectivity index (χ1n) is 19.8. The minimum absolute atomic E-state index is 0.490. The summed E-state index contributed by atoms with van der Waals surface area (Å²) in [6, 6.07) is 63.7. The number of nitrogens with zero attached hydrogens (tertiary/aromatic N) is 2. The summed E-state index contributed by atoms with van der Waals surface area (Å²) in [6.45, 7) is 0. The molecule has 0 radical (unpaired) electrons. The van der Waals surface area contributed by atoms with Crippen molar-refractivity contribution in [1.82, 2.24) is 20.2 Å². The van der Waals surface area contributed by atoms with Crippen LogP contribution in [-0.2, 0) is 0 Å². The topological polar surface area (TPSA) is 70.5 Å². The highest BCUT2D eigenvalue weighted by Gasteiger charge is 2.12. The Morgan fingerprint density at radius 3 is 1.05 bits per heavy atom. The molecule has 5 heteroatoms. The molecule has 0 atom stereocenters. The number of hydrogen-bond acceptors (Lipinski definition) is 3. The van der Waals surface area contributed by atoms with Crippen molar-refractivity contribution in [3.8, 4) is 45.2 Å². The van der Waals surface area contributed by atoms with Crippen molar-refractivity contribution in [3.05, 3.63) is 204 Å². The lowest BCUT2D eigenvalue weighted by Gasteiger charge is -2.05. The third-order valence-electron chi connectivity index (χ3n) is 11.2. The van der Waals surface area contributed by atoms with Gasteiger partial charge in [0.05, 0.1) is 11.0 Å². The van der Waals surface area contributed by atoms with Crippen LogP contribution in [0, 0.1) is 0 Å². The first kappa shape index (κ1) is 34.2. The molecule has 0 aliphatic carbocycles. The Morgan fingerprint density at radius 2 is 0.661 bits per heavy atom. The van der Waals surface area contributed by atoms with Gasteiger partial charge >= 0.3 is 0 Å². The Kier molecular flexibility index (Phi) is 8.41. The number of fused-ring (bicyclic) bond motifs is 6. The standard InChI is InChI=1S/C54H36N4O/c1-3-13-49-45(7-1)47-11-5-9-43(51(47)55-49)39-27-19-35(20-28-39)15-17-37-23-31-41(32-24-37)53-57-58-54(59-53)42-33-25-38(26-34-42)18-16-36-21-29-40(30-22-36)44-10-6-12-48-46-8-2-4-14-50(46)56-52(44)48/h1-34,55-56H. The maximum atomic E-state index is 6.11. The van der Waals surface area contributed by atoms with Crippen LogP contribution in [0.5, 0.6) is 0 Å². The highest BCUT2D eigenvalue weighted by atomic mass is 16.4. The van der Waals surface area contributed by atoms with E-state index in [4.69, 9.17) is 4.42 Å². The van der Waals surface area contributed by atoms with E-state index in [9.17, 15) is 0 Å². The number of para-hydroxylation sites is 4. The summed E-state index contributed by atoms with van der Waals surface area (Å²) >= 11 is 0. The maximum absolute atomic E-state index is 6.11. The minimum atomic E-state index is 0.490. The van der Waals surface area contributed by atoms with Crippen LogP contribution in [0.1, 0.15) is 22.3 Å². The van der Waals surface area contributed by atoms with Gasteiger partial charge in [0.15, 0.2) is 0 Å². The summed E-state index contributed by atoms with van der Waals surface area (Å²) < 4.78 is 6.11. The fourth-order valence-corrected chi connectivity index (χ4v) is 8.09. The zero-order valence-corrected chi connectivity index (χ0v) is 31.9. The van der Waals surface area contributed by atoms with Crippen LogP contribution < -0.4 is 0 Å². The van der Waals surface area contributed by atoms with Gasteiger partial charge in [0.2, 0.25) is 11.8 Å². The summed E-state index contributed by atoms with van der Waals surface area (Å²) in [5.74, 6) is 0.980. The SMILES string of the molecule is C(=Cc1ccc(-c2cccc3c2[nH]c2ccccc23)cc1)c1ccc(-c2nnc(-c3ccc(C=Cc4ccc(-c5cccc6c5[nH]c5ccccc56)cc4)cc3)o2)cc1. The average molecular weight is 757 g/mol. The molecule has 59 heavy (non-hydrogen) atoms. The number of aromatic nitrogens is 4. The molecule has 11 rings (SSSR count). The molecule has 8 aromatic carbocycles. The second kappa shape index (κ2) is 14.5. The molecule has 0 spiro atoms. The molecule has 0 saturated carbocycles. The van der Waals surface area contributed by atoms with Crippen LogP contribution in [0.2, 0.25) is 0 Å². The smallest absolute Gasteiger partial charge is 0.248 e. The third kappa shape index (κ3) is 6.51. The normalized spacial score (nSPS) is 11.9. The fraction of sp³-hybridized carbons (Fsp3) is 0. The van der Waals surface area contributed by atoms with Gasteiger partial charge in [-0.15, -0.1) is 10.2 Å². The lowest BCUT2D eigenvalue weighted by atomic mass is 10.0. The summed E-state index contributed by atoms with van der Waals surface area (Å²) in [5.41, 5.74) is 15.6. The molecule has 0 bridgehead atoms.